The molecule has 4 nitrogen and oxygen atoms in total. The summed E-state index contributed by atoms with van der Waals surface area (Å²) in [5.41, 5.74) is 0. The first-order valence-corrected chi connectivity index (χ1v) is 3.61. The molecule has 0 aromatic rings. The molecule has 0 radical (unpaired) electrons. The van der Waals surface area contributed by atoms with Crippen molar-refractivity contribution in [3.63, 3.8) is 0 Å². The molecule has 0 aliphatic rings. The summed E-state index contributed by atoms with van der Waals surface area (Å²) >= 11 is 1.64. The summed E-state index contributed by atoms with van der Waals surface area (Å²) in [6, 6.07) is 0. The van der Waals surface area contributed by atoms with E-state index in [0.29, 0.717) is 0 Å². The van der Waals surface area contributed by atoms with Crippen LogP contribution in [0.15, 0.2) is 12.7 Å². The van der Waals surface area contributed by atoms with Gasteiger partial charge in [0.2, 0.25) is 0 Å². The number of aliphatic carboxylic acids is 2. The fourth-order valence-corrected chi connectivity index (χ4v) is 0. The summed E-state index contributed by atoms with van der Waals surface area (Å²) in [7, 11) is 0. The van der Waals surface area contributed by atoms with Crippen LogP contribution >= 0.6 is 0 Å². The second-order valence-corrected chi connectivity index (χ2v) is 2.95. The van der Waals surface area contributed by atoms with Crippen molar-refractivity contribution in [1.29, 1.82) is 0 Å². The quantitative estimate of drug-likeness (QED) is 0.499. The van der Waals surface area contributed by atoms with E-state index in [1.54, 1.807) is 27.4 Å². The van der Waals surface area contributed by atoms with E-state index in [-0.39, 0.29) is 4.22 Å². The van der Waals surface area contributed by atoms with E-state index in [4.69, 9.17) is 10.2 Å². The topological polar surface area (TPSA) is 74.6 Å². The third-order valence-corrected chi connectivity index (χ3v) is 0.931. The zero-order valence-electron chi connectivity index (χ0n) is 6.07. The molecule has 0 rings (SSSR count). The van der Waals surface area contributed by atoms with Crippen LogP contribution < -0.4 is 0 Å². The molecule has 0 aliphatic carbocycles. The fraction of sp³-hybridized carbons (Fsp3) is 0.333. The summed E-state index contributed by atoms with van der Waals surface area (Å²) in [6.07, 6.45) is 0.833. The Bertz CT molecular complexity index is 153. The first-order valence-electron chi connectivity index (χ1n) is 2.71. The Hall–Kier alpha value is -0.606. The Labute approximate surface area is 76.3 Å². The maximum atomic E-state index is 9.70. The van der Waals surface area contributed by atoms with Gasteiger partial charge in [-0.15, -0.1) is 0 Å². The number of hydrogen-bond acceptors (Lipinski definition) is 2. The van der Waals surface area contributed by atoms with Crippen LogP contribution in [0.2, 0.25) is 4.22 Å². The average molecular weight is 193 g/mol. The molecule has 11 heavy (non-hydrogen) atoms. The van der Waals surface area contributed by atoms with Gasteiger partial charge in [-0.2, -0.15) is 0 Å². The van der Waals surface area contributed by atoms with Gasteiger partial charge in [0.05, 0.1) is 0 Å². The number of rotatable bonds is 2. The Morgan fingerprint density at radius 1 is 1.55 bits per heavy atom. The van der Waals surface area contributed by atoms with Crippen molar-refractivity contribution in [2.24, 2.45) is 0 Å². The molecule has 5 heteroatoms. The molecule has 0 saturated heterocycles. The Balaban J connectivity index is 0. The summed E-state index contributed by atoms with van der Waals surface area (Å²) in [6.45, 7) is 4.60. The summed E-state index contributed by atoms with van der Waals surface area (Å²) < 4.78 is -0.231. The van der Waals surface area contributed by atoms with Crippen molar-refractivity contribution < 1.29 is 40.2 Å². The molecule has 1 unspecified atom stereocenters. The van der Waals surface area contributed by atoms with E-state index >= 15 is 0 Å². The summed E-state index contributed by atoms with van der Waals surface area (Å²) in [4.78, 5) is 18.9. The molecule has 1 atom stereocenters. The third kappa shape index (κ3) is 17.7. The zero-order chi connectivity index (χ0) is 9.44. The number of carboxylic acid groups (broad SMARTS) is 2. The van der Waals surface area contributed by atoms with Crippen LogP contribution in [0.1, 0.15) is 6.92 Å². The van der Waals surface area contributed by atoms with Gasteiger partial charge in [0, 0.05) is 6.08 Å². The molecule has 2 N–H and O–H groups in total. The molecule has 0 spiro atoms. The van der Waals surface area contributed by atoms with Crippen LogP contribution in [-0.2, 0) is 30.0 Å². The number of hydrogen-bond donors (Lipinski definition) is 2. The monoisotopic (exact) mass is 193 g/mol. The van der Waals surface area contributed by atoms with E-state index in [1.165, 1.54) is 0 Å². The van der Waals surface area contributed by atoms with Crippen molar-refractivity contribution in [3.8, 4) is 0 Å². The number of carboxylic acids is 2. The van der Waals surface area contributed by atoms with Gasteiger partial charge in [-0.25, -0.2) is 4.79 Å². The molecular formula is C6H9O4Ti. The van der Waals surface area contributed by atoms with Crippen LogP contribution in [-0.4, -0.2) is 22.2 Å². The zero-order valence-corrected chi connectivity index (χ0v) is 7.63. The van der Waals surface area contributed by atoms with Gasteiger partial charge in [-0.05, 0) is 0 Å². The van der Waals surface area contributed by atoms with Gasteiger partial charge >= 0.3 is 53.4 Å². The van der Waals surface area contributed by atoms with Gasteiger partial charge in [-0.1, -0.05) is 6.58 Å². The fourth-order valence-electron chi connectivity index (χ4n) is 0. The first-order chi connectivity index (χ1) is 4.91. The van der Waals surface area contributed by atoms with Gasteiger partial charge < -0.3 is 5.11 Å². The molecule has 0 saturated carbocycles. The molecule has 0 aliphatic heterocycles. The maximum absolute atomic E-state index is 9.70. The van der Waals surface area contributed by atoms with Gasteiger partial charge in [-0.3, -0.25) is 0 Å². The van der Waals surface area contributed by atoms with Gasteiger partial charge in [0.25, 0.3) is 0 Å². The second-order valence-electron chi connectivity index (χ2n) is 1.60. The molecule has 0 aromatic heterocycles. The van der Waals surface area contributed by atoms with Crippen molar-refractivity contribution >= 4 is 11.9 Å². The molecule has 0 amide bonds. The number of carbonyl (C=O) groups is 2. The SMILES string of the molecule is C=CC(=O)O.C[CH]([Ti])C(=O)O. The third-order valence-electron chi connectivity index (χ3n) is 0.545. The normalized spacial score (nSPS) is 10.2. The van der Waals surface area contributed by atoms with Gasteiger partial charge in [0.15, 0.2) is 0 Å². The first kappa shape index (κ1) is 13.0. The molecule has 0 fully saturated rings. The molecule has 61 valence electrons. The van der Waals surface area contributed by atoms with E-state index in [2.05, 4.69) is 6.58 Å². The van der Waals surface area contributed by atoms with Crippen LogP contribution in [0.5, 0.6) is 0 Å². The Kier molecular flexibility index (Phi) is 8.88. The van der Waals surface area contributed by atoms with Crippen LogP contribution in [0, 0.1) is 0 Å². The van der Waals surface area contributed by atoms with Crippen LogP contribution in [0.3, 0.4) is 0 Å². The van der Waals surface area contributed by atoms with Crippen molar-refractivity contribution in [2.45, 2.75) is 11.1 Å². The molecule has 0 heterocycles. The predicted octanol–water partition coefficient (Wildman–Crippen LogP) is 0.683. The molecule has 0 bridgehead atoms. The van der Waals surface area contributed by atoms with Crippen molar-refractivity contribution in [1.82, 2.24) is 0 Å². The van der Waals surface area contributed by atoms with Crippen molar-refractivity contribution in [2.75, 3.05) is 0 Å². The Morgan fingerprint density at radius 3 is 1.73 bits per heavy atom. The van der Waals surface area contributed by atoms with Crippen LogP contribution in [0.4, 0.5) is 0 Å². The van der Waals surface area contributed by atoms with E-state index in [0.717, 1.165) is 6.08 Å². The minimum absolute atomic E-state index is 0.231. The predicted molar refractivity (Wildman–Crippen MR) is 34.9 cm³/mol. The Morgan fingerprint density at radius 2 is 1.73 bits per heavy atom. The average Bonchev–Trinajstić information content (AvgIpc) is 1.89. The second kappa shape index (κ2) is 7.50. The van der Waals surface area contributed by atoms with E-state index in [9.17, 15) is 9.59 Å². The van der Waals surface area contributed by atoms with Gasteiger partial charge in [0.1, 0.15) is 0 Å². The van der Waals surface area contributed by atoms with Crippen LogP contribution in [0.25, 0.3) is 0 Å². The minimum atomic E-state index is -0.981. The molecular weight excluding hydrogens is 184 g/mol. The van der Waals surface area contributed by atoms with Crippen molar-refractivity contribution in [3.05, 3.63) is 12.7 Å². The van der Waals surface area contributed by atoms with E-state index in [1.807, 2.05) is 0 Å². The summed E-state index contributed by atoms with van der Waals surface area (Å²) in [5.74, 6) is -1.72. The summed E-state index contributed by atoms with van der Waals surface area (Å²) in [5, 5.41) is 15.6. The van der Waals surface area contributed by atoms with E-state index < -0.39 is 11.9 Å². The molecule has 0 aromatic carbocycles. The standard InChI is InChI=1S/C3H5O2.C3H4O2.Ti/c2*1-2-3(4)5;/h2H,1H3,(H,4,5);2H,1H2,(H,4,5);.